The number of likely N-dealkylation sites (N-methyl/N-ethyl adjacent to an activating group) is 1. The van der Waals surface area contributed by atoms with Crippen molar-refractivity contribution in [3.05, 3.63) is 0 Å². The summed E-state index contributed by atoms with van der Waals surface area (Å²) in [6, 6.07) is 0. The van der Waals surface area contributed by atoms with E-state index in [1.165, 1.54) is 25.7 Å². The number of hydrogen-bond acceptors (Lipinski definition) is 2. The summed E-state index contributed by atoms with van der Waals surface area (Å²) in [6.45, 7) is 4.53. The molecule has 0 aliphatic heterocycles. The third-order valence-electron chi connectivity index (χ3n) is 2.63. The normalized spacial score (nSPS) is 22.4. The molecule has 1 fully saturated rings. The first-order valence-electron chi connectivity index (χ1n) is 4.66. The van der Waals surface area contributed by atoms with E-state index in [0.717, 1.165) is 13.1 Å². The van der Waals surface area contributed by atoms with Gasteiger partial charge in [0.25, 0.3) is 0 Å². The van der Waals surface area contributed by atoms with Gasteiger partial charge in [0, 0.05) is 18.6 Å². The first kappa shape index (κ1) is 9.01. The van der Waals surface area contributed by atoms with Crippen LogP contribution in [-0.4, -0.2) is 25.7 Å². The second kappa shape index (κ2) is 4.07. The fraction of sp³-hybridized carbons (Fsp3) is 1.00. The maximum Gasteiger partial charge on any atom is 0.0153 e. The molecule has 0 unspecified atom stereocenters. The summed E-state index contributed by atoms with van der Waals surface area (Å²) in [6.07, 6.45) is 5.53. The van der Waals surface area contributed by atoms with Gasteiger partial charge in [-0.3, -0.25) is 0 Å². The fourth-order valence-electron chi connectivity index (χ4n) is 1.82. The molecule has 0 saturated heterocycles. The monoisotopic (exact) mass is 156 g/mol. The Morgan fingerprint density at radius 2 is 1.82 bits per heavy atom. The molecule has 0 bridgehead atoms. The molecule has 0 spiro atoms. The lowest BCUT2D eigenvalue weighted by atomic mass is 10.0. The Bertz CT molecular complexity index is 106. The molecule has 0 aromatic rings. The van der Waals surface area contributed by atoms with Crippen molar-refractivity contribution in [3.8, 4) is 0 Å². The van der Waals surface area contributed by atoms with Crippen molar-refractivity contribution in [2.45, 2.75) is 38.1 Å². The summed E-state index contributed by atoms with van der Waals surface area (Å²) in [4.78, 5) is 0. The predicted octanol–water partition coefficient (Wildman–Crippen LogP) is 1.13. The smallest absolute Gasteiger partial charge is 0.0153 e. The average molecular weight is 156 g/mol. The van der Waals surface area contributed by atoms with Crippen LogP contribution >= 0.6 is 0 Å². The van der Waals surface area contributed by atoms with Gasteiger partial charge in [-0.05, 0) is 26.8 Å². The van der Waals surface area contributed by atoms with Gasteiger partial charge in [0.1, 0.15) is 0 Å². The van der Waals surface area contributed by atoms with Gasteiger partial charge >= 0.3 is 0 Å². The maximum absolute atomic E-state index is 3.60. The zero-order valence-corrected chi connectivity index (χ0v) is 7.74. The predicted molar refractivity (Wildman–Crippen MR) is 48.8 cm³/mol. The lowest BCUT2D eigenvalue weighted by Crippen LogP contribution is -2.42. The van der Waals surface area contributed by atoms with Crippen LogP contribution in [0.15, 0.2) is 0 Å². The van der Waals surface area contributed by atoms with E-state index in [1.807, 2.05) is 7.05 Å². The van der Waals surface area contributed by atoms with Gasteiger partial charge < -0.3 is 10.6 Å². The number of nitrogens with one attached hydrogen (secondary N) is 2. The van der Waals surface area contributed by atoms with Gasteiger partial charge in [-0.2, -0.15) is 0 Å². The minimum atomic E-state index is 0.455. The molecule has 2 nitrogen and oxygen atoms in total. The van der Waals surface area contributed by atoms with Gasteiger partial charge in [0.15, 0.2) is 0 Å². The zero-order chi connectivity index (χ0) is 8.16. The van der Waals surface area contributed by atoms with Gasteiger partial charge in [0.05, 0.1) is 0 Å². The Morgan fingerprint density at radius 3 is 2.36 bits per heavy atom. The van der Waals surface area contributed by atoms with E-state index in [9.17, 15) is 0 Å². The van der Waals surface area contributed by atoms with Crippen LogP contribution in [0.2, 0.25) is 0 Å². The zero-order valence-electron chi connectivity index (χ0n) is 7.74. The molecule has 66 valence electrons. The Balaban J connectivity index is 2.13. The molecule has 2 heteroatoms. The van der Waals surface area contributed by atoms with Crippen LogP contribution in [-0.2, 0) is 0 Å². The van der Waals surface area contributed by atoms with E-state index >= 15 is 0 Å². The summed E-state index contributed by atoms with van der Waals surface area (Å²) < 4.78 is 0. The van der Waals surface area contributed by atoms with Crippen molar-refractivity contribution < 1.29 is 0 Å². The molecule has 0 radical (unpaired) electrons. The summed E-state index contributed by atoms with van der Waals surface area (Å²) >= 11 is 0. The SMILES string of the molecule is CNCCNC1(C)CCCC1. The fourth-order valence-corrected chi connectivity index (χ4v) is 1.82. The van der Waals surface area contributed by atoms with E-state index in [2.05, 4.69) is 17.6 Å². The lowest BCUT2D eigenvalue weighted by molar-refractivity contribution is 0.366. The first-order chi connectivity index (χ1) is 5.27. The van der Waals surface area contributed by atoms with Crippen molar-refractivity contribution in [1.82, 2.24) is 10.6 Å². The standard InChI is InChI=1S/C9H20N2/c1-9(5-3-4-6-9)11-8-7-10-2/h10-11H,3-8H2,1-2H3. The minimum Gasteiger partial charge on any atom is -0.318 e. The third kappa shape index (κ3) is 2.80. The van der Waals surface area contributed by atoms with Gasteiger partial charge in [0.2, 0.25) is 0 Å². The largest absolute Gasteiger partial charge is 0.318 e. The molecule has 0 amide bonds. The molecule has 2 N–H and O–H groups in total. The second-order valence-corrected chi connectivity index (χ2v) is 3.80. The quantitative estimate of drug-likeness (QED) is 0.596. The summed E-state index contributed by atoms with van der Waals surface area (Å²) in [5.41, 5.74) is 0.455. The van der Waals surface area contributed by atoms with Crippen molar-refractivity contribution in [1.29, 1.82) is 0 Å². The Hall–Kier alpha value is -0.0800. The van der Waals surface area contributed by atoms with E-state index in [-0.39, 0.29) is 0 Å². The van der Waals surface area contributed by atoms with Crippen molar-refractivity contribution >= 4 is 0 Å². The van der Waals surface area contributed by atoms with Crippen LogP contribution in [0.25, 0.3) is 0 Å². The molecule has 1 aliphatic carbocycles. The molecule has 0 aromatic carbocycles. The van der Waals surface area contributed by atoms with E-state index in [4.69, 9.17) is 0 Å². The highest BCUT2D eigenvalue weighted by molar-refractivity contribution is 4.87. The van der Waals surface area contributed by atoms with Crippen LogP contribution in [0.3, 0.4) is 0 Å². The van der Waals surface area contributed by atoms with Gasteiger partial charge in [-0.15, -0.1) is 0 Å². The van der Waals surface area contributed by atoms with Crippen LogP contribution in [0.4, 0.5) is 0 Å². The molecular formula is C9H20N2. The molecule has 0 aromatic heterocycles. The molecule has 1 saturated carbocycles. The summed E-state index contributed by atoms with van der Waals surface area (Å²) in [5.74, 6) is 0. The van der Waals surface area contributed by atoms with E-state index in [0.29, 0.717) is 5.54 Å². The van der Waals surface area contributed by atoms with E-state index in [1.54, 1.807) is 0 Å². The Kier molecular flexibility index (Phi) is 3.34. The Morgan fingerprint density at radius 1 is 1.18 bits per heavy atom. The van der Waals surface area contributed by atoms with Crippen LogP contribution in [0.1, 0.15) is 32.6 Å². The highest BCUT2D eigenvalue weighted by atomic mass is 15.0. The van der Waals surface area contributed by atoms with Gasteiger partial charge in [-0.25, -0.2) is 0 Å². The second-order valence-electron chi connectivity index (χ2n) is 3.80. The highest BCUT2D eigenvalue weighted by Crippen LogP contribution is 2.28. The Labute approximate surface area is 69.8 Å². The topological polar surface area (TPSA) is 24.1 Å². The summed E-state index contributed by atoms with van der Waals surface area (Å²) in [5, 5.41) is 6.74. The molecule has 11 heavy (non-hydrogen) atoms. The number of hydrogen-bond donors (Lipinski definition) is 2. The van der Waals surface area contributed by atoms with Crippen molar-refractivity contribution in [2.24, 2.45) is 0 Å². The molecule has 1 rings (SSSR count). The number of rotatable bonds is 4. The lowest BCUT2D eigenvalue weighted by Gasteiger charge is -2.25. The van der Waals surface area contributed by atoms with Crippen molar-refractivity contribution in [3.63, 3.8) is 0 Å². The molecule has 0 atom stereocenters. The minimum absolute atomic E-state index is 0.455. The maximum atomic E-state index is 3.60. The van der Waals surface area contributed by atoms with E-state index < -0.39 is 0 Å². The average Bonchev–Trinajstić information content (AvgIpc) is 2.38. The molecular weight excluding hydrogens is 136 g/mol. The van der Waals surface area contributed by atoms with Crippen LogP contribution < -0.4 is 10.6 Å². The van der Waals surface area contributed by atoms with Crippen LogP contribution in [0.5, 0.6) is 0 Å². The van der Waals surface area contributed by atoms with Crippen molar-refractivity contribution in [2.75, 3.05) is 20.1 Å². The highest BCUT2D eigenvalue weighted by Gasteiger charge is 2.26. The van der Waals surface area contributed by atoms with Crippen LogP contribution in [0, 0.1) is 0 Å². The third-order valence-corrected chi connectivity index (χ3v) is 2.63. The van der Waals surface area contributed by atoms with Gasteiger partial charge in [-0.1, -0.05) is 12.8 Å². The molecule has 0 heterocycles. The summed E-state index contributed by atoms with van der Waals surface area (Å²) in [7, 11) is 2.00. The first-order valence-corrected chi connectivity index (χ1v) is 4.66. The molecule has 1 aliphatic rings.